The lowest BCUT2D eigenvalue weighted by atomic mass is 9.83. The van der Waals surface area contributed by atoms with E-state index in [9.17, 15) is 0 Å². The molecule has 1 N–H and O–H groups in total. The van der Waals surface area contributed by atoms with Gasteiger partial charge in [0.05, 0.1) is 6.20 Å². The van der Waals surface area contributed by atoms with Crippen molar-refractivity contribution in [2.45, 2.75) is 45.6 Å². The van der Waals surface area contributed by atoms with Crippen LogP contribution < -0.4 is 5.32 Å². The summed E-state index contributed by atoms with van der Waals surface area (Å²) in [6.07, 6.45) is 6.46. The third kappa shape index (κ3) is 3.34. The number of rotatable bonds is 6. The summed E-state index contributed by atoms with van der Waals surface area (Å²) < 4.78 is 2.04. The highest BCUT2D eigenvalue weighted by molar-refractivity contribution is 5.16. The Bertz CT molecular complexity index is 289. The lowest BCUT2D eigenvalue weighted by Crippen LogP contribution is -2.23. The van der Waals surface area contributed by atoms with E-state index in [2.05, 4.69) is 37.4 Å². The molecule has 0 saturated heterocycles. The topological polar surface area (TPSA) is 29.9 Å². The Morgan fingerprint density at radius 2 is 2.20 bits per heavy atom. The van der Waals surface area contributed by atoms with E-state index in [4.69, 9.17) is 0 Å². The van der Waals surface area contributed by atoms with Gasteiger partial charge in [0.25, 0.3) is 0 Å². The van der Waals surface area contributed by atoms with Crippen LogP contribution >= 0.6 is 0 Å². The first kappa shape index (κ1) is 12.2. The third-order valence-corrected chi connectivity index (χ3v) is 2.87. The molecule has 0 amide bonds. The Balaban J connectivity index is 2.67. The van der Waals surface area contributed by atoms with Crippen molar-refractivity contribution in [3.63, 3.8) is 0 Å². The summed E-state index contributed by atoms with van der Waals surface area (Å²) in [5, 5.41) is 7.57. The zero-order chi connectivity index (χ0) is 11.3. The first-order chi connectivity index (χ1) is 7.10. The van der Waals surface area contributed by atoms with Crippen molar-refractivity contribution in [2.75, 3.05) is 13.6 Å². The number of nitrogens with one attached hydrogen (secondary N) is 1. The maximum absolute atomic E-state index is 4.38. The average molecular weight is 209 g/mol. The van der Waals surface area contributed by atoms with Gasteiger partial charge in [-0.2, -0.15) is 5.10 Å². The highest BCUT2D eigenvalue weighted by Crippen LogP contribution is 2.25. The molecule has 0 aliphatic heterocycles. The summed E-state index contributed by atoms with van der Waals surface area (Å²) >= 11 is 0. The summed E-state index contributed by atoms with van der Waals surface area (Å²) in [6, 6.07) is 0. The van der Waals surface area contributed by atoms with Crippen LogP contribution in [0.5, 0.6) is 0 Å². The molecule has 15 heavy (non-hydrogen) atoms. The number of nitrogens with zero attached hydrogens (tertiary/aromatic N) is 2. The first-order valence-corrected chi connectivity index (χ1v) is 5.77. The predicted molar refractivity (Wildman–Crippen MR) is 64.1 cm³/mol. The molecule has 0 radical (unpaired) electrons. The van der Waals surface area contributed by atoms with Gasteiger partial charge in [0.1, 0.15) is 0 Å². The highest BCUT2D eigenvalue weighted by Gasteiger charge is 2.21. The molecule has 3 heteroatoms. The van der Waals surface area contributed by atoms with Gasteiger partial charge in [0.15, 0.2) is 0 Å². The second-order valence-corrected chi connectivity index (χ2v) is 4.73. The van der Waals surface area contributed by atoms with E-state index in [1.165, 1.54) is 5.56 Å². The van der Waals surface area contributed by atoms with Crippen molar-refractivity contribution in [1.82, 2.24) is 15.1 Å². The largest absolute Gasteiger partial charge is 0.320 e. The normalized spacial score (nSPS) is 12.0. The van der Waals surface area contributed by atoms with Crippen molar-refractivity contribution in [2.24, 2.45) is 0 Å². The Kier molecular flexibility index (Phi) is 4.33. The summed E-state index contributed by atoms with van der Waals surface area (Å²) in [6.45, 7) is 8.79. The predicted octanol–water partition coefficient (Wildman–Crippen LogP) is 2.18. The lowest BCUT2D eigenvalue weighted by molar-refractivity contribution is 0.467. The summed E-state index contributed by atoms with van der Waals surface area (Å²) in [4.78, 5) is 0. The van der Waals surface area contributed by atoms with E-state index in [0.29, 0.717) is 0 Å². The molecule has 0 fully saturated rings. The van der Waals surface area contributed by atoms with E-state index in [-0.39, 0.29) is 5.41 Å². The van der Waals surface area contributed by atoms with Crippen molar-refractivity contribution in [3.05, 3.63) is 18.0 Å². The van der Waals surface area contributed by atoms with Crippen LogP contribution in [0, 0.1) is 0 Å². The fourth-order valence-electron chi connectivity index (χ4n) is 1.65. The minimum atomic E-state index is 0.217. The second-order valence-electron chi connectivity index (χ2n) is 4.73. The molecule has 86 valence electrons. The van der Waals surface area contributed by atoms with Gasteiger partial charge in [0.2, 0.25) is 0 Å². The Hall–Kier alpha value is -0.830. The Morgan fingerprint density at radius 1 is 1.47 bits per heavy atom. The maximum atomic E-state index is 4.38. The van der Waals surface area contributed by atoms with Crippen molar-refractivity contribution in [1.29, 1.82) is 0 Å². The fraction of sp³-hybridized carbons (Fsp3) is 0.750. The van der Waals surface area contributed by atoms with Crippen LogP contribution in [0.15, 0.2) is 12.4 Å². The van der Waals surface area contributed by atoms with Gasteiger partial charge in [0, 0.05) is 12.7 Å². The lowest BCUT2D eigenvalue weighted by Gasteiger charge is -2.22. The quantitative estimate of drug-likeness (QED) is 0.778. The van der Waals surface area contributed by atoms with Gasteiger partial charge in [-0.25, -0.2) is 0 Å². The van der Waals surface area contributed by atoms with Crippen LogP contribution in [0.1, 0.15) is 39.2 Å². The molecule has 3 nitrogen and oxygen atoms in total. The van der Waals surface area contributed by atoms with Gasteiger partial charge in [-0.1, -0.05) is 20.8 Å². The van der Waals surface area contributed by atoms with E-state index in [0.717, 1.165) is 25.9 Å². The Morgan fingerprint density at radius 3 is 2.80 bits per heavy atom. The van der Waals surface area contributed by atoms with E-state index in [1.807, 2.05) is 17.9 Å². The molecule has 0 saturated carbocycles. The minimum Gasteiger partial charge on any atom is -0.320 e. The molecular formula is C12H23N3. The highest BCUT2D eigenvalue weighted by atomic mass is 15.3. The molecule has 1 aromatic rings. The van der Waals surface area contributed by atoms with Crippen molar-refractivity contribution in [3.8, 4) is 0 Å². The molecule has 0 atom stereocenters. The SMILES string of the molecule is CCCn1cc(C(C)(C)CCNC)cn1. The monoisotopic (exact) mass is 209 g/mol. The zero-order valence-corrected chi connectivity index (χ0v) is 10.4. The van der Waals surface area contributed by atoms with E-state index < -0.39 is 0 Å². The number of hydrogen-bond acceptors (Lipinski definition) is 2. The molecule has 0 bridgehead atoms. The summed E-state index contributed by atoms with van der Waals surface area (Å²) in [7, 11) is 2.00. The second kappa shape index (κ2) is 5.31. The van der Waals surface area contributed by atoms with Gasteiger partial charge >= 0.3 is 0 Å². The Labute approximate surface area is 92.9 Å². The van der Waals surface area contributed by atoms with Crippen molar-refractivity contribution < 1.29 is 0 Å². The minimum absolute atomic E-state index is 0.217. The van der Waals surface area contributed by atoms with Crippen LogP contribution in [-0.4, -0.2) is 23.4 Å². The zero-order valence-electron chi connectivity index (χ0n) is 10.4. The van der Waals surface area contributed by atoms with Crippen LogP contribution in [0.2, 0.25) is 0 Å². The third-order valence-electron chi connectivity index (χ3n) is 2.87. The maximum Gasteiger partial charge on any atom is 0.0527 e. The average Bonchev–Trinajstić information content (AvgIpc) is 2.65. The van der Waals surface area contributed by atoms with Crippen LogP contribution in [0.4, 0.5) is 0 Å². The van der Waals surface area contributed by atoms with Crippen molar-refractivity contribution >= 4 is 0 Å². The fourth-order valence-corrected chi connectivity index (χ4v) is 1.65. The molecule has 0 aliphatic rings. The molecule has 1 aromatic heterocycles. The number of aryl methyl sites for hydroxylation is 1. The summed E-state index contributed by atoms with van der Waals surface area (Å²) in [5.74, 6) is 0. The summed E-state index contributed by atoms with van der Waals surface area (Å²) in [5.41, 5.74) is 1.56. The molecular weight excluding hydrogens is 186 g/mol. The van der Waals surface area contributed by atoms with Gasteiger partial charge in [-0.05, 0) is 37.4 Å². The van der Waals surface area contributed by atoms with Gasteiger partial charge in [-0.3, -0.25) is 4.68 Å². The number of aromatic nitrogens is 2. The van der Waals surface area contributed by atoms with Gasteiger partial charge in [-0.15, -0.1) is 0 Å². The van der Waals surface area contributed by atoms with E-state index >= 15 is 0 Å². The smallest absolute Gasteiger partial charge is 0.0527 e. The molecule has 0 spiro atoms. The van der Waals surface area contributed by atoms with Crippen LogP contribution in [-0.2, 0) is 12.0 Å². The molecule has 1 heterocycles. The first-order valence-electron chi connectivity index (χ1n) is 5.77. The van der Waals surface area contributed by atoms with Crippen LogP contribution in [0.3, 0.4) is 0 Å². The van der Waals surface area contributed by atoms with E-state index in [1.54, 1.807) is 0 Å². The molecule has 0 aromatic carbocycles. The standard InChI is InChI=1S/C12H23N3/c1-5-8-15-10-11(9-14-15)12(2,3)6-7-13-4/h9-10,13H,5-8H2,1-4H3. The van der Waals surface area contributed by atoms with Gasteiger partial charge < -0.3 is 5.32 Å². The molecule has 1 rings (SSSR count). The molecule has 0 unspecified atom stereocenters. The molecule has 0 aliphatic carbocycles. The van der Waals surface area contributed by atoms with Crippen LogP contribution in [0.25, 0.3) is 0 Å². The number of hydrogen-bond donors (Lipinski definition) is 1.